The SMILES string of the molecule is CCCCN(CC(=O)N1c2ccccc2-n2cccc2C1c1ccccc1)C(=O)c1ccc(OC)cc1OC. The van der Waals surface area contributed by atoms with E-state index in [1.165, 1.54) is 7.11 Å². The summed E-state index contributed by atoms with van der Waals surface area (Å²) in [6.45, 7) is 2.46. The largest absolute Gasteiger partial charge is 0.497 e. The second kappa shape index (κ2) is 11.5. The normalized spacial score (nSPS) is 13.8. The van der Waals surface area contributed by atoms with Gasteiger partial charge in [-0.05, 0) is 48.4 Å². The highest BCUT2D eigenvalue weighted by Crippen LogP contribution is 2.42. The maximum absolute atomic E-state index is 14.3. The smallest absolute Gasteiger partial charge is 0.258 e. The van der Waals surface area contributed by atoms with Crippen molar-refractivity contribution in [2.75, 3.05) is 32.2 Å². The van der Waals surface area contributed by atoms with Gasteiger partial charge in [0.15, 0.2) is 0 Å². The molecule has 1 aliphatic rings. The van der Waals surface area contributed by atoms with Crippen molar-refractivity contribution >= 4 is 17.5 Å². The van der Waals surface area contributed by atoms with Gasteiger partial charge in [0.1, 0.15) is 24.1 Å². The first-order chi connectivity index (χ1) is 19.1. The number of ether oxygens (including phenoxy) is 2. The van der Waals surface area contributed by atoms with Crippen molar-refractivity contribution in [3.63, 3.8) is 0 Å². The van der Waals surface area contributed by atoms with Gasteiger partial charge >= 0.3 is 0 Å². The Morgan fingerprint density at radius 3 is 2.33 bits per heavy atom. The van der Waals surface area contributed by atoms with Crippen LogP contribution in [0.25, 0.3) is 5.69 Å². The Morgan fingerprint density at radius 1 is 0.872 bits per heavy atom. The summed E-state index contributed by atoms with van der Waals surface area (Å²) >= 11 is 0. The molecule has 7 heteroatoms. The zero-order chi connectivity index (χ0) is 27.4. The van der Waals surface area contributed by atoms with Crippen LogP contribution in [0.1, 0.15) is 47.4 Å². The van der Waals surface area contributed by atoms with E-state index < -0.39 is 0 Å². The average Bonchev–Trinajstić information content (AvgIpc) is 3.48. The molecule has 0 aliphatic carbocycles. The monoisotopic (exact) mass is 523 g/mol. The standard InChI is InChI=1S/C32H33N3O4/c1-4-5-19-33(32(37)25-18-17-24(38-2)21-29(25)39-3)22-30(36)35-27-15-10-9-14-26(27)34-20-11-16-28(34)31(35)23-12-7-6-8-13-23/h6-18,20-21,31H,4-5,19,22H2,1-3H3. The van der Waals surface area contributed by atoms with Crippen LogP contribution in [0.3, 0.4) is 0 Å². The van der Waals surface area contributed by atoms with Gasteiger partial charge in [0.05, 0.1) is 36.9 Å². The molecule has 0 N–H and O–H groups in total. The molecule has 5 rings (SSSR count). The fourth-order valence-corrected chi connectivity index (χ4v) is 5.20. The minimum absolute atomic E-state index is 0.0631. The third-order valence-corrected chi connectivity index (χ3v) is 7.14. The van der Waals surface area contributed by atoms with Crippen LogP contribution >= 0.6 is 0 Å². The molecule has 1 atom stereocenters. The van der Waals surface area contributed by atoms with Gasteiger partial charge < -0.3 is 18.9 Å². The lowest BCUT2D eigenvalue weighted by Gasteiger charge is -2.39. The van der Waals surface area contributed by atoms with E-state index in [0.717, 1.165) is 35.5 Å². The van der Waals surface area contributed by atoms with Crippen LogP contribution in [0.2, 0.25) is 0 Å². The third kappa shape index (κ3) is 5.00. The van der Waals surface area contributed by atoms with Gasteiger partial charge in [0.25, 0.3) is 5.91 Å². The molecule has 0 spiro atoms. The van der Waals surface area contributed by atoms with Crippen molar-refractivity contribution in [3.8, 4) is 17.2 Å². The van der Waals surface area contributed by atoms with E-state index in [0.29, 0.717) is 23.6 Å². The Balaban J connectivity index is 1.54. The predicted molar refractivity (Wildman–Crippen MR) is 152 cm³/mol. The predicted octanol–water partition coefficient (Wildman–Crippen LogP) is 5.87. The van der Waals surface area contributed by atoms with Gasteiger partial charge in [-0.2, -0.15) is 0 Å². The van der Waals surface area contributed by atoms with Crippen LogP contribution in [0.4, 0.5) is 5.69 Å². The van der Waals surface area contributed by atoms with Crippen LogP contribution in [0.5, 0.6) is 11.5 Å². The van der Waals surface area contributed by atoms with E-state index >= 15 is 0 Å². The van der Waals surface area contributed by atoms with E-state index in [4.69, 9.17) is 9.47 Å². The first-order valence-electron chi connectivity index (χ1n) is 13.2. The molecule has 0 fully saturated rings. The summed E-state index contributed by atoms with van der Waals surface area (Å²) in [5.41, 5.74) is 4.14. The summed E-state index contributed by atoms with van der Waals surface area (Å²) in [6, 6.07) is 26.8. The summed E-state index contributed by atoms with van der Waals surface area (Å²) in [6.07, 6.45) is 3.70. The number of aromatic nitrogens is 1. The molecule has 0 bridgehead atoms. The molecule has 1 aromatic heterocycles. The van der Waals surface area contributed by atoms with Crippen molar-refractivity contribution in [2.45, 2.75) is 25.8 Å². The zero-order valence-electron chi connectivity index (χ0n) is 22.5. The Bertz CT molecular complexity index is 1460. The number of methoxy groups -OCH3 is 2. The van der Waals surface area contributed by atoms with E-state index in [9.17, 15) is 9.59 Å². The molecule has 1 unspecified atom stereocenters. The van der Waals surface area contributed by atoms with Crippen molar-refractivity contribution < 1.29 is 19.1 Å². The van der Waals surface area contributed by atoms with Crippen molar-refractivity contribution in [2.24, 2.45) is 0 Å². The lowest BCUT2D eigenvalue weighted by molar-refractivity contribution is -0.119. The lowest BCUT2D eigenvalue weighted by atomic mass is 9.97. The number of amides is 2. The molecule has 4 aromatic rings. The van der Waals surface area contributed by atoms with Gasteiger partial charge in [-0.1, -0.05) is 55.8 Å². The van der Waals surface area contributed by atoms with Crippen LogP contribution in [-0.2, 0) is 4.79 Å². The quantitative estimate of drug-likeness (QED) is 0.275. The van der Waals surface area contributed by atoms with Gasteiger partial charge in [-0.25, -0.2) is 0 Å². The highest BCUT2D eigenvalue weighted by atomic mass is 16.5. The fourth-order valence-electron chi connectivity index (χ4n) is 5.20. The van der Waals surface area contributed by atoms with Crippen molar-refractivity contribution in [1.29, 1.82) is 0 Å². The highest BCUT2D eigenvalue weighted by Gasteiger charge is 2.37. The molecule has 0 radical (unpaired) electrons. The third-order valence-electron chi connectivity index (χ3n) is 7.14. The molecular weight excluding hydrogens is 490 g/mol. The van der Waals surface area contributed by atoms with Crippen LogP contribution in [0.15, 0.2) is 91.1 Å². The van der Waals surface area contributed by atoms with E-state index in [1.54, 1.807) is 30.2 Å². The Morgan fingerprint density at radius 2 is 1.62 bits per heavy atom. The van der Waals surface area contributed by atoms with Crippen LogP contribution in [-0.4, -0.2) is 48.6 Å². The number of fused-ring (bicyclic) bond motifs is 3. The molecule has 0 saturated heterocycles. The molecule has 7 nitrogen and oxygen atoms in total. The molecule has 1 aliphatic heterocycles. The van der Waals surface area contributed by atoms with Gasteiger partial charge in [0, 0.05) is 18.8 Å². The molecule has 0 saturated carbocycles. The second-order valence-electron chi connectivity index (χ2n) is 9.52. The Kier molecular flexibility index (Phi) is 7.68. The number of anilines is 1. The van der Waals surface area contributed by atoms with Crippen molar-refractivity contribution in [1.82, 2.24) is 9.47 Å². The Labute approximate surface area is 229 Å². The van der Waals surface area contributed by atoms with E-state index in [2.05, 4.69) is 17.6 Å². The van der Waals surface area contributed by atoms with Crippen LogP contribution < -0.4 is 14.4 Å². The fraction of sp³-hybridized carbons (Fsp3) is 0.250. The van der Waals surface area contributed by atoms with Gasteiger partial charge in [0.2, 0.25) is 5.91 Å². The summed E-state index contributed by atoms with van der Waals surface area (Å²) in [5.74, 6) is 0.608. The molecular formula is C32H33N3O4. The summed E-state index contributed by atoms with van der Waals surface area (Å²) in [4.78, 5) is 31.6. The second-order valence-corrected chi connectivity index (χ2v) is 9.52. The molecule has 2 heterocycles. The number of hydrogen-bond acceptors (Lipinski definition) is 4. The Hall–Kier alpha value is -4.52. The maximum atomic E-state index is 14.3. The number of hydrogen-bond donors (Lipinski definition) is 0. The summed E-state index contributed by atoms with van der Waals surface area (Å²) in [7, 11) is 3.09. The average molecular weight is 524 g/mol. The number of nitrogens with zero attached hydrogens (tertiary/aromatic N) is 3. The lowest BCUT2D eigenvalue weighted by Crippen LogP contribution is -2.47. The maximum Gasteiger partial charge on any atom is 0.258 e. The first-order valence-corrected chi connectivity index (χ1v) is 13.2. The number of carbonyl (C=O) groups excluding carboxylic acids is 2. The molecule has 2 amide bonds. The van der Waals surface area contributed by atoms with E-state index in [1.807, 2.05) is 71.8 Å². The van der Waals surface area contributed by atoms with Crippen molar-refractivity contribution in [3.05, 3.63) is 108 Å². The zero-order valence-corrected chi connectivity index (χ0v) is 22.5. The number of carbonyl (C=O) groups is 2. The molecule has 3 aromatic carbocycles. The summed E-state index contributed by atoms with van der Waals surface area (Å²) < 4.78 is 13.0. The minimum atomic E-state index is -0.331. The van der Waals surface area contributed by atoms with Gasteiger partial charge in [-0.15, -0.1) is 0 Å². The number of benzene rings is 3. The summed E-state index contributed by atoms with van der Waals surface area (Å²) in [5, 5.41) is 0. The number of para-hydroxylation sites is 2. The molecule has 39 heavy (non-hydrogen) atoms. The first kappa shape index (κ1) is 26.1. The number of rotatable bonds is 9. The molecule has 200 valence electrons. The van der Waals surface area contributed by atoms with Gasteiger partial charge in [-0.3, -0.25) is 14.5 Å². The highest BCUT2D eigenvalue weighted by molar-refractivity contribution is 6.03. The topological polar surface area (TPSA) is 64.0 Å². The van der Waals surface area contributed by atoms with Crippen LogP contribution in [0, 0.1) is 0 Å². The minimum Gasteiger partial charge on any atom is -0.497 e. The van der Waals surface area contributed by atoms with E-state index in [-0.39, 0.29) is 24.4 Å². The number of unbranched alkanes of at least 4 members (excludes halogenated alkanes) is 1.